The highest BCUT2D eigenvalue weighted by Crippen LogP contribution is 2.23. The van der Waals surface area contributed by atoms with Crippen LogP contribution in [0.3, 0.4) is 0 Å². The average Bonchev–Trinajstić information content (AvgIpc) is 2.58. The minimum Gasteiger partial charge on any atom is -0.406 e. The molecule has 0 aliphatic rings. The van der Waals surface area contributed by atoms with Crippen LogP contribution in [0.25, 0.3) is 12.2 Å². The van der Waals surface area contributed by atoms with E-state index in [1.54, 1.807) is 12.1 Å². The van der Waals surface area contributed by atoms with Gasteiger partial charge in [-0.25, -0.2) is 0 Å². The van der Waals surface area contributed by atoms with Gasteiger partial charge in [0, 0.05) is 0 Å². The molecule has 0 saturated heterocycles. The van der Waals surface area contributed by atoms with Crippen molar-refractivity contribution in [2.75, 3.05) is 0 Å². The molecular weight excluding hydrogens is 325 g/mol. The van der Waals surface area contributed by atoms with Gasteiger partial charge >= 0.3 is 6.36 Å². The summed E-state index contributed by atoms with van der Waals surface area (Å²) in [6.07, 6.45) is 5.27. The van der Waals surface area contributed by atoms with Crippen molar-refractivity contribution in [3.8, 4) is 5.75 Å². The minimum absolute atomic E-state index is 0.211. The molecule has 0 bridgehead atoms. The summed E-state index contributed by atoms with van der Waals surface area (Å²) in [6, 6.07) is 14.2. The molecule has 0 fully saturated rings. The monoisotopic (exact) mass is 348 g/mol. The Balaban J connectivity index is 1.88. The van der Waals surface area contributed by atoms with E-state index < -0.39 is 6.36 Å². The van der Waals surface area contributed by atoms with Crippen LogP contribution < -0.4 is 4.74 Å². The second kappa shape index (κ2) is 9.30. The number of hydrogen-bond acceptors (Lipinski definition) is 1. The van der Waals surface area contributed by atoms with Crippen LogP contribution in [-0.2, 0) is 6.42 Å². The summed E-state index contributed by atoms with van der Waals surface area (Å²) in [5, 5.41) is 0. The minimum atomic E-state index is -4.66. The Bertz CT molecular complexity index is 655. The van der Waals surface area contributed by atoms with Crippen molar-refractivity contribution in [2.45, 2.75) is 45.4 Å². The first-order chi connectivity index (χ1) is 12.0. The second-order valence-electron chi connectivity index (χ2n) is 6.00. The van der Waals surface area contributed by atoms with Crippen molar-refractivity contribution >= 4 is 12.2 Å². The molecule has 0 saturated carbocycles. The van der Waals surface area contributed by atoms with Crippen molar-refractivity contribution in [2.24, 2.45) is 0 Å². The predicted octanol–water partition coefficient (Wildman–Crippen LogP) is 6.88. The number of unbranched alkanes of at least 4 members (excludes halogenated alkanes) is 3. The molecule has 0 unspecified atom stereocenters. The summed E-state index contributed by atoms with van der Waals surface area (Å²) < 4.78 is 40.2. The first-order valence-corrected chi connectivity index (χ1v) is 8.59. The Labute approximate surface area is 147 Å². The molecule has 0 aromatic heterocycles. The van der Waals surface area contributed by atoms with E-state index in [1.165, 1.54) is 43.4 Å². The highest BCUT2D eigenvalue weighted by molar-refractivity contribution is 5.69. The fourth-order valence-electron chi connectivity index (χ4n) is 2.52. The van der Waals surface area contributed by atoms with E-state index in [0.29, 0.717) is 0 Å². The molecule has 0 atom stereocenters. The van der Waals surface area contributed by atoms with Gasteiger partial charge in [0.2, 0.25) is 0 Å². The average molecular weight is 348 g/mol. The molecule has 4 heteroatoms. The number of halogens is 3. The van der Waals surface area contributed by atoms with Gasteiger partial charge in [0.05, 0.1) is 0 Å². The summed E-state index contributed by atoms with van der Waals surface area (Å²) in [5.74, 6) is -0.211. The third kappa shape index (κ3) is 7.46. The van der Waals surface area contributed by atoms with Crippen molar-refractivity contribution in [1.82, 2.24) is 0 Å². The van der Waals surface area contributed by atoms with Crippen LogP contribution in [0.15, 0.2) is 48.5 Å². The highest BCUT2D eigenvalue weighted by Gasteiger charge is 2.30. The summed E-state index contributed by atoms with van der Waals surface area (Å²) in [4.78, 5) is 0. The molecule has 2 aromatic carbocycles. The van der Waals surface area contributed by atoms with Gasteiger partial charge in [-0.3, -0.25) is 0 Å². The normalized spacial score (nSPS) is 11.8. The molecule has 0 radical (unpaired) electrons. The third-order valence-corrected chi connectivity index (χ3v) is 3.88. The fraction of sp³-hybridized carbons (Fsp3) is 0.333. The van der Waals surface area contributed by atoms with Crippen molar-refractivity contribution in [1.29, 1.82) is 0 Å². The molecular formula is C21H23F3O. The van der Waals surface area contributed by atoms with Crippen LogP contribution in [0.2, 0.25) is 0 Å². The molecule has 0 heterocycles. The molecule has 0 amide bonds. The zero-order chi connectivity index (χ0) is 18.1. The lowest BCUT2D eigenvalue weighted by Crippen LogP contribution is -2.16. The standard InChI is InChI=1S/C21H23F3O/c1-2-3-4-5-6-17-7-9-18(10-8-17)11-12-19-13-15-20(16-14-19)25-21(22,23)24/h7-16H,2-6H2,1H3/b12-11+. The lowest BCUT2D eigenvalue weighted by molar-refractivity contribution is -0.274. The van der Waals surface area contributed by atoms with Gasteiger partial charge in [-0.15, -0.1) is 13.2 Å². The summed E-state index contributed by atoms with van der Waals surface area (Å²) >= 11 is 0. The van der Waals surface area contributed by atoms with E-state index in [1.807, 2.05) is 12.2 Å². The largest absolute Gasteiger partial charge is 0.573 e. The van der Waals surface area contributed by atoms with Crippen LogP contribution in [0.5, 0.6) is 5.75 Å². The number of ether oxygens (including phenoxy) is 1. The molecule has 0 aliphatic heterocycles. The summed E-state index contributed by atoms with van der Waals surface area (Å²) in [6.45, 7) is 2.21. The Morgan fingerprint density at radius 3 is 1.88 bits per heavy atom. The molecule has 0 aliphatic carbocycles. The molecule has 0 spiro atoms. The Hall–Kier alpha value is -2.23. The smallest absolute Gasteiger partial charge is 0.406 e. The summed E-state index contributed by atoms with van der Waals surface area (Å²) in [7, 11) is 0. The van der Waals surface area contributed by atoms with E-state index in [-0.39, 0.29) is 5.75 Å². The van der Waals surface area contributed by atoms with Gasteiger partial charge in [-0.2, -0.15) is 0 Å². The third-order valence-electron chi connectivity index (χ3n) is 3.88. The molecule has 1 nitrogen and oxygen atoms in total. The maximum atomic E-state index is 12.1. The van der Waals surface area contributed by atoms with Gasteiger partial charge in [-0.05, 0) is 41.7 Å². The quantitative estimate of drug-likeness (QED) is 0.373. The van der Waals surface area contributed by atoms with Gasteiger partial charge < -0.3 is 4.74 Å². The van der Waals surface area contributed by atoms with Crippen LogP contribution in [0.1, 0.15) is 49.3 Å². The number of rotatable bonds is 8. The predicted molar refractivity (Wildman–Crippen MR) is 96.3 cm³/mol. The van der Waals surface area contributed by atoms with Crippen LogP contribution in [0, 0.1) is 0 Å². The van der Waals surface area contributed by atoms with E-state index in [2.05, 4.69) is 35.9 Å². The zero-order valence-corrected chi connectivity index (χ0v) is 14.4. The van der Waals surface area contributed by atoms with Crippen LogP contribution in [0.4, 0.5) is 13.2 Å². The number of aryl methyl sites for hydroxylation is 1. The van der Waals surface area contributed by atoms with E-state index in [9.17, 15) is 13.2 Å². The summed E-state index contributed by atoms with van der Waals surface area (Å²) in [5.41, 5.74) is 3.22. The lowest BCUT2D eigenvalue weighted by Gasteiger charge is -2.08. The number of hydrogen-bond donors (Lipinski definition) is 0. The maximum absolute atomic E-state index is 12.1. The second-order valence-corrected chi connectivity index (χ2v) is 6.00. The van der Waals surface area contributed by atoms with Crippen molar-refractivity contribution in [3.63, 3.8) is 0 Å². The molecule has 25 heavy (non-hydrogen) atoms. The molecule has 134 valence electrons. The highest BCUT2D eigenvalue weighted by atomic mass is 19.4. The first-order valence-electron chi connectivity index (χ1n) is 8.59. The first kappa shape index (κ1) is 19.1. The lowest BCUT2D eigenvalue weighted by atomic mass is 10.0. The Morgan fingerprint density at radius 1 is 0.800 bits per heavy atom. The zero-order valence-electron chi connectivity index (χ0n) is 14.4. The van der Waals surface area contributed by atoms with E-state index >= 15 is 0 Å². The topological polar surface area (TPSA) is 9.23 Å². The van der Waals surface area contributed by atoms with Crippen molar-refractivity contribution < 1.29 is 17.9 Å². The Kier molecular flexibility index (Phi) is 7.11. The van der Waals surface area contributed by atoms with Gasteiger partial charge in [0.1, 0.15) is 5.75 Å². The SMILES string of the molecule is CCCCCCc1ccc(/C=C/c2ccc(OC(F)(F)F)cc2)cc1. The number of alkyl halides is 3. The van der Waals surface area contributed by atoms with E-state index in [4.69, 9.17) is 0 Å². The van der Waals surface area contributed by atoms with Gasteiger partial charge in [0.15, 0.2) is 0 Å². The maximum Gasteiger partial charge on any atom is 0.573 e. The van der Waals surface area contributed by atoms with Crippen LogP contribution in [-0.4, -0.2) is 6.36 Å². The molecule has 2 aromatic rings. The van der Waals surface area contributed by atoms with Crippen LogP contribution >= 0.6 is 0 Å². The number of benzene rings is 2. The van der Waals surface area contributed by atoms with Crippen molar-refractivity contribution in [3.05, 3.63) is 65.2 Å². The molecule has 2 rings (SSSR count). The fourth-order valence-corrected chi connectivity index (χ4v) is 2.52. The van der Waals surface area contributed by atoms with Gasteiger partial charge in [0.25, 0.3) is 0 Å². The van der Waals surface area contributed by atoms with E-state index in [0.717, 1.165) is 17.5 Å². The Morgan fingerprint density at radius 2 is 1.36 bits per heavy atom. The molecule has 0 N–H and O–H groups in total. The van der Waals surface area contributed by atoms with Gasteiger partial charge in [-0.1, -0.05) is 74.7 Å².